The number of aryl methyl sites for hydroxylation is 1. The molecule has 4 atom stereocenters. The van der Waals surface area contributed by atoms with Gasteiger partial charge in [0, 0.05) is 25.3 Å². The monoisotopic (exact) mass is 425 g/mol. The first-order chi connectivity index (χ1) is 14.3. The van der Waals surface area contributed by atoms with Crippen LogP contribution in [0.4, 0.5) is 5.82 Å². The van der Waals surface area contributed by atoms with Gasteiger partial charge in [0.2, 0.25) is 0 Å². The average molecular weight is 426 g/mol. The number of fused-ring (bicyclic) bond motifs is 2. The summed E-state index contributed by atoms with van der Waals surface area (Å²) in [6.45, 7) is 1.93. The van der Waals surface area contributed by atoms with Crippen LogP contribution in [0.5, 0.6) is 0 Å². The molecule has 3 aromatic rings. The van der Waals surface area contributed by atoms with Gasteiger partial charge in [-0.05, 0) is 62.6 Å². The molecule has 2 aliphatic carbocycles. The normalized spacial score (nSPS) is 26.2. The van der Waals surface area contributed by atoms with Crippen LogP contribution < -0.4 is 10.6 Å². The van der Waals surface area contributed by atoms with Gasteiger partial charge in [-0.1, -0.05) is 17.7 Å². The van der Waals surface area contributed by atoms with Crippen molar-refractivity contribution in [3.8, 4) is 0 Å². The van der Waals surface area contributed by atoms with Crippen LogP contribution in [-0.2, 0) is 10.0 Å². The standard InChI is InChI=1S/C22H27N5O2S/c1-14-3-5-19(6-4-14)30(28,29)27-8-7-20-21(24-13-25-22(20)27)26(2)18-11-15-9-17(23)10-16(15)12-18/h3-8,13,15-18H,9-12,23H2,1-2H3/t15-,16?,17-,18-/m1/s1. The molecule has 2 saturated carbocycles. The van der Waals surface area contributed by atoms with Crippen molar-refractivity contribution in [2.75, 3.05) is 11.9 Å². The molecule has 0 aliphatic heterocycles. The highest BCUT2D eigenvalue weighted by atomic mass is 32.2. The van der Waals surface area contributed by atoms with E-state index < -0.39 is 10.0 Å². The van der Waals surface area contributed by atoms with E-state index in [1.165, 1.54) is 10.3 Å². The first-order valence-corrected chi connectivity index (χ1v) is 11.9. The fourth-order valence-corrected chi connectivity index (χ4v) is 6.64. The number of benzene rings is 1. The topological polar surface area (TPSA) is 94.1 Å². The van der Waals surface area contributed by atoms with Crippen LogP contribution in [0.2, 0.25) is 0 Å². The van der Waals surface area contributed by atoms with Gasteiger partial charge in [0.1, 0.15) is 12.1 Å². The number of hydrogen-bond donors (Lipinski definition) is 1. The van der Waals surface area contributed by atoms with Crippen LogP contribution in [-0.4, -0.2) is 41.5 Å². The lowest BCUT2D eigenvalue weighted by Gasteiger charge is -2.27. The number of nitrogens with two attached hydrogens (primary N) is 1. The van der Waals surface area contributed by atoms with Gasteiger partial charge >= 0.3 is 0 Å². The lowest BCUT2D eigenvalue weighted by molar-refractivity contribution is 0.457. The van der Waals surface area contributed by atoms with E-state index in [0.29, 0.717) is 29.6 Å². The minimum atomic E-state index is -3.73. The van der Waals surface area contributed by atoms with Crippen molar-refractivity contribution in [1.29, 1.82) is 0 Å². The summed E-state index contributed by atoms with van der Waals surface area (Å²) in [4.78, 5) is 11.3. The van der Waals surface area contributed by atoms with Gasteiger partial charge in [-0.3, -0.25) is 0 Å². The first-order valence-electron chi connectivity index (χ1n) is 10.5. The predicted molar refractivity (Wildman–Crippen MR) is 117 cm³/mol. The van der Waals surface area contributed by atoms with Gasteiger partial charge in [0.05, 0.1) is 10.3 Å². The van der Waals surface area contributed by atoms with E-state index in [1.54, 1.807) is 36.5 Å². The summed E-state index contributed by atoms with van der Waals surface area (Å²) in [5, 5.41) is 0.754. The lowest BCUT2D eigenvalue weighted by atomic mass is 10.0. The highest BCUT2D eigenvalue weighted by Gasteiger charge is 2.42. The average Bonchev–Trinajstić information content (AvgIpc) is 3.40. The lowest BCUT2D eigenvalue weighted by Crippen LogP contribution is -2.31. The van der Waals surface area contributed by atoms with E-state index in [9.17, 15) is 8.42 Å². The zero-order chi connectivity index (χ0) is 21.0. The molecular weight excluding hydrogens is 398 g/mol. The van der Waals surface area contributed by atoms with Crippen LogP contribution in [0.1, 0.15) is 31.2 Å². The largest absolute Gasteiger partial charge is 0.356 e. The molecule has 2 heterocycles. The third-order valence-corrected chi connectivity index (χ3v) is 8.59. The maximum atomic E-state index is 13.2. The summed E-state index contributed by atoms with van der Waals surface area (Å²) in [7, 11) is -1.67. The molecule has 8 heteroatoms. The fourth-order valence-electron chi connectivity index (χ4n) is 5.33. The molecule has 2 fully saturated rings. The molecule has 0 spiro atoms. The van der Waals surface area contributed by atoms with Gasteiger partial charge in [0.15, 0.2) is 5.65 Å². The third-order valence-electron chi connectivity index (χ3n) is 6.91. The van der Waals surface area contributed by atoms with Crippen LogP contribution in [0, 0.1) is 18.8 Å². The Kier molecular flexibility index (Phi) is 4.59. The summed E-state index contributed by atoms with van der Waals surface area (Å²) < 4.78 is 27.7. The van der Waals surface area contributed by atoms with Crippen molar-refractivity contribution in [2.45, 2.75) is 49.6 Å². The Hall–Kier alpha value is -2.45. The highest BCUT2D eigenvalue weighted by molar-refractivity contribution is 7.90. The molecule has 30 heavy (non-hydrogen) atoms. The summed E-state index contributed by atoms with van der Waals surface area (Å²) >= 11 is 0. The maximum Gasteiger partial charge on any atom is 0.269 e. The Bertz CT molecular complexity index is 1170. The summed E-state index contributed by atoms with van der Waals surface area (Å²) in [5.74, 6) is 2.17. The second kappa shape index (κ2) is 7.06. The van der Waals surface area contributed by atoms with Crippen molar-refractivity contribution in [3.63, 3.8) is 0 Å². The van der Waals surface area contributed by atoms with Crippen molar-refractivity contribution >= 4 is 26.9 Å². The van der Waals surface area contributed by atoms with Crippen molar-refractivity contribution in [2.24, 2.45) is 17.6 Å². The van der Waals surface area contributed by atoms with Gasteiger partial charge in [-0.15, -0.1) is 0 Å². The van der Waals surface area contributed by atoms with E-state index in [0.717, 1.165) is 42.5 Å². The Morgan fingerprint density at radius 2 is 1.70 bits per heavy atom. The smallest absolute Gasteiger partial charge is 0.269 e. The number of aromatic nitrogens is 3. The molecule has 0 bridgehead atoms. The van der Waals surface area contributed by atoms with Crippen molar-refractivity contribution in [1.82, 2.24) is 13.9 Å². The molecule has 0 radical (unpaired) electrons. The third kappa shape index (κ3) is 3.09. The summed E-state index contributed by atoms with van der Waals surface area (Å²) in [5.41, 5.74) is 7.56. The molecule has 2 N–H and O–H groups in total. The number of nitrogens with zero attached hydrogens (tertiary/aromatic N) is 4. The van der Waals surface area contributed by atoms with E-state index in [4.69, 9.17) is 5.73 Å². The van der Waals surface area contributed by atoms with E-state index >= 15 is 0 Å². The van der Waals surface area contributed by atoms with Crippen LogP contribution in [0.3, 0.4) is 0 Å². The Morgan fingerprint density at radius 3 is 2.37 bits per heavy atom. The van der Waals surface area contributed by atoms with Crippen LogP contribution >= 0.6 is 0 Å². The minimum absolute atomic E-state index is 0.249. The Balaban J connectivity index is 1.49. The zero-order valence-electron chi connectivity index (χ0n) is 17.3. The molecule has 158 valence electrons. The highest BCUT2D eigenvalue weighted by Crippen LogP contribution is 2.45. The first kappa shape index (κ1) is 19.5. The summed E-state index contributed by atoms with van der Waals surface area (Å²) in [6.07, 6.45) is 7.49. The summed E-state index contributed by atoms with van der Waals surface area (Å²) in [6, 6.07) is 9.41. The van der Waals surface area contributed by atoms with Crippen LogP contribution in [0.25, 0.3) is 11.0 Å². The van der Waals surface area contributed by atoms with E-state index in [-0.39, 0.29) is 4.90 Å². The Labute approximate surface area is 177 Å². The van der Waals surface area contributed by atoms with E-state index in [2.05, 4.69) is 21.9 Å². The van der Waals surface area contributed by atoms with Gasteiger partial charge in [0.25, 0.3) is 10.0 Å². The SMILES string of the molecule is Cc1ccc(S(=O)(=O)n2ccc3c(N(C)[C@H]4CC5C[C@H](N)C[C@@H]5C4)ncnc32)cc1. The molecular formula is C22H27N5O2S. The van der Waals surface area contributed by atoms with Gasteiger partial charge < -0.3 is 10.6 Å². The molecule has 2 aliphatic rings. The second-order valence-electron chi connectivity index (χ2n) is 8.85. The molecule has 5 rings (SSSR count). The van der Waals surface area contributed by atoms with E-state index in [1.807, 2.05) is 6.92 Å². The number of hydrogen-bond acceptors (Lipinski definition) is 6. The molecule has 1 aromatic carbocycles. The maximum absolute atomic E-state index is 13.2. The Morgan fingerprint density at radius 1 is 1.03 bits per heavy atom. The molecule has 0 amide bonds. The molecule has 2 aromatic heterocycles. The molecule has 0 saturated heterocycles. The number of anilines is 1. The minimum Gasteiger partial charge on any atom is -0.356 e. The second-order valence-corrected chi connectivity index (χ2v) is 10.7. The predicted octanol–water partition coefficient (Wildman–Crippen LogP) is 2.93. The van der Waals surface area contributed by atoms with Gasteiger partial charge in [-0.2, -0.15) is 0 Å². The molecule has 1 unspecified atom stereocenters. The quantitative estimate of drug-likeness (QED) is 0.691. The zero-order valence-corrected chi connectivity index (χ0v) is 18.1. The van der Waals surface area contributed by atoms with Gasteiger partial charge in [-0.25, -0.2) is 22.4 Å². The molecule has 7 nitrogen and oxygen atoms in total. The fraction of sp³-hybridized carbons (Fsp3) is 0.455. The van der Waals surface area contributed by atoms with Crippen molar-refractivity contribution < 1.29 is 8.42 Å². The number of rotatable bonds is 4. The van der Waals surface area contributed by atoms with Crippen LogP contribution in [0.15, 0.2) is 47.8 Å². The van der Waals surface area contributed by atoms with Crippen molar-refractivity contribution in [3.05, 3.63) is 48.4 Å².